The van der Waals surface area contributed by atoms with Crippen molar-refractivity contribution in [2.24, 2.45) is 0 Å². The minimum absolute atomic E-state index is 0.0406. The molecule has 8 rings (SSSR count). The van der Waals surface area contributed by atoms with Gasteiger partial charge in [0, 0.05) is 53.2 Å². The van der Waals surface area contributed by atoms with Gasteiger partial charge in [-0.2, -0.15) is 0 Å². The summed E-state index contributed by atoms with van der Waals surface area (Å²) in [5.41, 5.74) is 5.95. The molecule has 1 amide bonds. The van der Waals surface area contributed by atoms with E-state index in [4.69, 9.17) is 15.9 Å². The first-order valence-electron chi connectivity index (χ1n) is 12.7. The summed E-state index contributed by atoms with van der Waals surface area (Å²) in [6.07, 6.45) is 6.03. The van der Waals surface area contributed by atoms with Gasteiger partial charge in [0.1, 0.15) is 12.3 Å². The predicted molar refractivity (Wildman–Crippen MR) is 144 cm³/mol. The summed E-state index contributed by atoms with van der Waals surface area (Å²) in [5.74, 6) is 2.74. The molecule has 7 nitrogen and oxygen atoms in total. The van der Waals surface area contributed by atoms with Gasteiger partial charge in [-0.05, 0) is 43.8 Å². The van der Waals surface area contributed by atoms with E-state index in [1.807, 2.05) is 19.2 Å². The Labute approximate surface area is 213 Å². The average Bonchev–Trinajstić information content (AvgIpc) is 3.55. The molecule has 2 aromatic heterocycles. The molecule has 7 heteroatoms. The highest BCUT2D eigenvalue weighted by Crippen LogP contribution is 2.53. The maximum absolute atomic E-state index is 13.4. The van der Waals surface area contributed by atoms with Crippen molar-refractivity contribution in [2.45, 2.75) is 44.0 Å². The van der Waals surface area contributed by atoms with Crippen LogP contribution in [-0.2, 0) is 21.7 Å². The number of ether oxygens (including phenoxy) is 2. The van der Waals surface area contributed by atoms with Gasteiger partial charge in [-0.1, -0.05) is 24.1 Å². The first-order chi connectivity index (χ1) is 18.0. The summed E-state index contributed by atoms with van der Waals surface area (Å²) in [6.45, 7) is 2.63. The van der Waals surface area contributed by atoms with Crippen molar-refractivity contribution in [3.05, 3.63) is 59.2 Å². The summed E-state index contributed by atoms with van der Waals surface area (Å²) in [5, 5.41) is 10.8. The second-order valence-electron chi connectivity index (χ2n) is 10.5. The summed E-state index contributed by atoms with van der Waals surface area (Å²) in [4.78, 5) is 13.4. The van der Waals surface area contributed by atoms with Crippen molar-refractivity contribution in [3.8, 4) is 12.3 Å². The van der Waals surface area contributed by atoms with Crippen LogP contribution < -0.4 is 10.6 Å². The third-order valence-electron chi connectivity index (χ3n) is 8.86. The van der Waals surface area contributed by atoms with Gasteiger partial charge in [0.05, 0.1) is 27.6 Å². The molecule has 1 fully saturated rings. The molecular weight excluding hydrogens is 464 g/mol. The molecule has 0 saturated carbocycles. The smallest absolute Gasteiger partial charge is 0.252 e. The van der Waals surface area contributed by atoms with Gasteiger partial charge in [-0.3, -0.25) is 4.79 Å². The van der Waals surface area contributed by atoms with Crippen LogP contribution in [0.15, 0.2) is 42.5 Å². The van der Waals surface area contributed by atoms with Crippen LogP contribution >= 0.6 is 0 Å². The van der Waals surface area contributed by atoms with Crippen molar-refractivity contribution in [1.29, 1.82) is 0 Å². The van der Waals surface area contributed by atoms with Gasteiger partial charge in [-0.15, -0.1) is 6.42 Å². The highest BCUT2D eigenvalue weighted by Gasteiger charge is 2.53. The number of hydrogen-bond donors (Lipinski definition) is 2. The van der Waals surface area contributed by atoms with Gasteiger partial charge in [0.2, 0.25) is 0 Å². The van der Waals surface area contributed by atoms with Crippen molar-refractivity contribution >= 4 is 49.5 Å². The summed E-state index contributed by atoms with van der Waals surface area (Å²) < 4.78 is 17.9. The maximum Gasteiger partial charge on any atom is 0.252 e. The van der Waals surface area contributed by atoms with Crippen LogP contribution in [0.25, 0.3) is 43.6 Å². The van der Waals surface area contributed by atoms with Crippen LogP contribution in [0, 0.1) is 12.3 Å². The maximum atomic E-state index is 13.4. The topological polar surface area (TPSA) is 69.5 Å². The van der Waals surface area contributed by atoms with Gasteiger partial charge in [-0.25, -0.2) is 0 Å². The van der Waals surface area contributed by atoms with Crippen molar-refractivity contribution in [2.75, 3.05) is 14.2 Å². The van der Waals surface area contributed by atoms with E-state index in [-0.39, 0.29) is 24.3 Å². The van der Waals surface area contributed by atoms with E-state index in [1.165, 1.54) is 0 Å². The minimum Gasteiger partial charge on any atom is -0.375 e. The number of para-hydroxylation sites is 1. The fourth-order valence-corrected chi connectivity index (χ4v) is 7.48. The molecule has 3 aromatic carbocycles. The highest BCUT2D eigenvalue weighted by molar-refractivity contribution is 6.31. The molecule has 184 valence electrons. The number of benzene rings is 3. The lowest BCUT2D eigenvalue weighted by molar-refractivity contribution is -0.256. The van der Waals surface area contributed by atoms with Crippen LogP contribution in [0.5, 0.6) is 0 Å². The molecule has 4 atom stereocenters. The third kappa shape index (κ3) is 2.33. The van der Waals surface area contributed by atoms with Crippen molar-refractivity contribution in [1.82, 2.24) is 19.8 Å². The number of fused-ring (bicyclic) bond motifs is 13. The predicted octanol–water partition coefficient (Wildman–Crippen LogP) is 4.34. The lowest BCUT2D eigenvalue weighted by atomic mass is 9.93. The van der Waals surface area contributed by atoms with E-state index in [0.717, 1.165) is 60.3 Å². The van der Waals surface area contributed by atoms with E-state index < -0.39 is 5.72 Å². The van der Waals surface area contributed by atoms with Gasteiger partial charge >= 0.3 is 0 Å². The van der Waals surface area contributed by atoms with Crippen LogP contribution in [0.4, 0.5) is 0 Å². The Hall–Kier alpha value is -3.83. The lowest BCUT2D eigenvalue weighted by Crippen LogP contribution is -2.59. The standard InChI is InChI=1S/C30H26N4O3/c1-5-15-10-11-20-17(12-15)24-25-18(14-32-29(25)35)23-16-8-6-7-9-21(16)34-27(23)26(24)33(20)22-13-19(31-3)28(36-4)30(34,2)37-22/h1,6-12,19,22,28,31H,13-14H2,2-4H3,(H,32,35)/t19?,22-,28?,30+/m1/s1. The van der Waals surface area contributed by atoms with Crippen molar-refractivity contribution in [3.63, 3.8) is 0 Å². The fraction of sp³-hybridized carbons (Fsp3) is 0.300. The molecular formula is C30H26N4O3. The molecule has 3 aliphatic rings. The van der Waals surface area contributed by atoms with Crippen LogP contribution in [0.1, 0.15) is 41.1 Å². The Morgan fingerprint density at radius 3 is 2.78 bits per heavy atom. The second kappa shape index (κ2) is 6.93. The molecule has 2 N–H and O–H groups in total. The number of rotatable bonds is 2. The second-order valence-corrected chi connectivity index (χ2v) is 10.5. The summed E-state index contributed by atoms with van der Waals surface area (Å²) >= 11 is 0. The van der Waals surface area contributed by atoms with Crippen molar-refractivity contribution < 1.29 is 14.3 Å². The molecule has 0 radical (unpaired) electrons. The average molecular weight is 491 g/mol. The SMILES string of the molecule is C#Cc1ccc2c(c1)c1c3c(c4c5ccccc5n5c4c1n2[C@H]1CC(NC)C(OC)[C@]5(C)O1)CNC3=O. The van der Waals surface area contributed by atoms with Gasteiger partial charge < -0.3 is 29.2 Å². The molecule has 0 spiro atoms. The van der Waals surface area contributed by atoms with Crippen LogP contribution in [-0.4, -0.2) is 41.3 Å². The van der Waals surface area contributed by atoms with E-state index in [9.17, 15) is 4.79 Å². The molecule has 1 saturated heterocycles. The molecule has 37 heavy (non-hydrogen) atoms. The number of terminal acetylenes is 1. The van der Waals surface area contributed by atoms with E-state index in [0.29, 0.717) is 13.0 Å². The number of nitrogens with zero attached hydrogens (tertiary/aromatic N) is 2. The molecule has 2 unspecified atom stereocenters. The Balaban J connectivity index is 1.72. The minimum atomic E-state index is -0.798. The zero-order valence-corrected chi connectivity index (χ0v) is 20.9. The number of nitrogens with one attached hydrogen (secondary N) is 2. The number of likely N-dealkylation sites (N-methyl/N-ethyl adjacent to an activating group) is 1. The Morgan fingerprint density at radius 1 is 1.16 bits per heavy atom. The summed E-state index contributed by atoms with van der Waals surface area (Å²) in [6, 6.07) is 14.5. The fourth-order valence-electron chi connectivity index (χ4n) is 7.48. The van der Waals surface area contributed by atoms with E-state index in [1.54, 1.807) is 7.11 Å². The lowest BCUT2D eigenvalue weighted by Gasteiger charge is -2.48. The van der Waals surface area contributed by atoms with Crippen LogP contribution in [0.3, 0.4) is 0 Å². The Morgan fingerprint density at radius 2 is 2.00 bits per heavy atom. The zero-order valence-electron chi connectivity index (χ0n) is 20.9. The molecule has 5 aromatic rings. The Bertz CT molecular complexity index is 1890. The number of hydrogen-bond acceptors (Lipinski definition) is 4. The normalized spacial score (nSPS) is 26.2. The molecule has 2 bridgehead atoms. The molecule has 3 aliphatic heterocycles. The molecule has 5 heterocycles. The van der Waals surface area contributed by atoms with E-state index >= 15 is 0 Å². The monoisotopic (exact) mass is 490 g/mol. The number of amides is 1. The highest BCUT2D eigenvalue weighted by atomic mass is 16.6. The zero-order chi connectivity index (χ0) is 25.2. The number of methoxy groups -OCH3 is 1. The third-order valence-corrected chi connectivity index (χ3v) is 8.86. The Kier molecular flexibility index (Phi) is 3.98. The van der Waals surface area contributed by atoms with E-state index in [2.05, 4.69) is 62.9 Å². The van der Waals surface area contributed by atoms with Crippen LogP contribution in [0.2, 0.25) is 0 Å². The first-order valence-corrected chi connectivity index (χ1v) is 12.7. The van der Waals surface area contributed by atoms with Gasteiger partial charge in [0.25, 0.3) is 5.91 Å². The largest absolute Gasteiger partial charge is 0.375 e. The number of aromatic nitrogens is 2. The first kappa shape index (κ1) is 21.3. The number of carbonyl (C=O) groups excluding carboxylic acids is 1. The molecule has 0 aliphatic carbocycles. The quantitative estimate of drug-likeness (QED) is 0.362. The number of carbonyl (C=O) groups is 1. The van der Waals surface area contributed by atoms with Gasteiger partial charge in [0.15, 0.2) is 5.72 Å². The summed E-state index contributed by atoms with van der Waals surface area (Å²) in [7, 11) is 3.74.